The van der Waals surface area contributed by atoms with E-state index in [1.807, 2.05) is 99.8 Å². The van der Waals surface area contributed by atoms with E-state index < -0.39 is 11.5 Å². The lowest BCUT2D eigenvalue weighted by atomic mass is 9.69. The summed E-state index contributed by atoms with van der Waals surface area (Å²) in [6.07, 6.45) is 2.07. The summed E-state index contributed by atoms with van der Waals surface area (Å²) in [6.45, 7) is 10.2. The summed E-state index contributed by atoms with van der Waals surface area (Å²) in [7, 11) is 2.02. The van der Waals surface area contributed by atoms with E-state index >= 15 is 0 Å². The lowest BCUT2D eigenvalue weighted by molar-refractivity contribution is -0.0793. The zero-order valence-electron chi connectivity index (χ0n) is 26.8. The molecule has 47 heavy (non-hydrogen) atoms. The fourth-order valence-corrected chi connectivity index (χ4v) is 6.47. The lowest BCUT2D eigenvalue weighted by Gasteiger charge is -2.39. The Kier molecular flexibility index (Phi) is 7.95. The van der Waals surface area contributed by atoms with Crippen molar-refractivity contribution in [3.05, 3.63) is 130 Å². The Morgan fingerprint density at radius 2 is 1.77 bits per heavy atom. The van der Waals surface area contributed by atoms with E-state index in [1.54, 1.807) is 16.8 Å². The number of benzene rings is 3. The second kappa shape index (κ2) is 12.2. The quantitative estimate of drug-likeness (QED) is 0.226. The number of Topliss-reactive ketones (excluding diaryl/α,β-unsaturated/α-hetero) is 1. The zero-order valence-corrected chi connectivity index (χ0v) is 26.8. The minimum absolute atomic E-state index is 0.00242. The van der Waals surface area contributed by atoms with Gasteiger partial charge in [0.2, 0.25) is 5.95 Å². The average Bonchev–Trinajstić information content (AvgIpc) is 3.08. The number of anilines is 2. The van der Waals surface area contributed by atoms with E-state index in [9.17, 15) is 9.59 Å². The minimum Gasteiger partial charge on any atom is -0.473 e. The zero-order chi connectivity index (χ0) is 32.7. The molecule has 2 unspecified atom stereocenters. The number of carbonyl (C=O) groups is 1. The first-order valence-corrected chi connectivity index (χ1v) is 15.8. The van der Waals surface area contributed by atoms with Crippen molar-refractivity contribution in [2.45, 2.75) is 32.5 Å². The highest BCUT2D eigenvalue weighted by Gasteiger charge is 2.44. The second-order valence-corrected chi connectivity index (χ2v) is 12.8. The third-order valence-electron chi connectivity index (χ3n) is 9.35. The summed E-state index contributed by atoms with van der Waals surface area (Å²) in [5.74, 6) is 1.05. The number of aromatic nitrogens is 3. The first-order chi connectivity index (χ1) is 22.7. The fourth-order valence-electron chi connectivity index (χ4n) is 6.47. The molecule has 0 amide bonds. The van der Waals surface area contributed by atoms with Crippen LogP contribution in [0.15, 0.2) is 102 Å². The molecule has 5 aromatic rings. The third kappa shape index (κ3) is 5.73. The van der Waals surface area contributed by atoms with Crippen LogP contribution in [0.2, 0.25) is 0 Å². The van der Waals surface area contributed by atoms with Gasteiger partial charge in [0.15, 0.2) is 12.0 Å². The normalized spacial score (nSPS) is 19.3. The van der Waals surface area contributed by atoms with Crippen molar-refractivity contribution in [2.24, 2.45) is 5.41 Å². The van der Waals surface area contributed by atoms with E-state index in [4.69, 9.17) is 14.5 Å². The van der Waals surface area contributed by atoms with Crippen molar-refractivity contribution in [3.63, 3.8) is 0 Å². The molecule has 2 aromatic heterocycles. The standard InChI is InChI=1S/C38H37N5O4/c1-24(25-10-6-5-7-11-25)31-20-27-22-39-37(40-28-14-16-29(17-15-28)47-33-23-46-19-18-42(33)4)41-35(27)43(36(31)45)32-21-26-12-8-9-13-30(26)34(44)38(32,2)3/h5-17,20,22,32-33H,1,18-19,21,23H2,2-4H3,(H,39,40,41). The Hall–Kier alpha value is -5.12. The SMILES string of the molecule is C=C(c1ccccc1)c1cc2cnc(Nc3ccc(OC4COCCN4C)cc3)nc2n(C2Cc3ccccc3C(=O)C2(C)C)c1=O. The van der Waals surface area contributed by atoms with Crippen molar-refractivity contribution in [1.29, 1.82) is 0 Å². The molecule has 238 valence electrons. The van der Waals surface area contributed by atoms with Gasteiger partial charge in [-0.25, -0.2) is 4.98 Å². The smallest absolute Gasteiger partial charge is 0.260 e. The van der Waals surface area contributed by atoms with Gasteiger partial charge in [-0.3, -0.25) is 19.1 Å². The summed E-state index contributed by atoms with van der Waals surface area (Å²) < 4.78 is 13.4. The molecule has 9 heteroatoms. The predicted molar refractivity (Wildman–Crippen MR) is 183 cm³/mol. The number of carbonyl (C=O) groups excluding carboxylic acids is 1. The van der Waals surface area contributed by atoms with Crippen molar-refractivity contribution >= 4 is 34.0 Å². The molecule has 0 saturated carbocycles. The summed E-state index contributed by atoms with van der Waals surface area (Å²) >= 11 is 0. The van der Waals surface area contributed by atoms with Gasteiger partial charge >= 0.3 is 0 Å². The van der Waals surface area contributed by atoms with Crippen molar-refractivity contribution in [1.82, 2.24) is 19.4 Å². The van der Waals surface area contributed by atoms with Crippen LogP contribution in [0.5, 0.6) is 5.75 Å². The maximum Gasteiger partial charge on any atom is 0.260 e. The maximum absolute atomic E-state index is 14.6. The topological polar surface area (TPSA) is 98.6 Å². The molecule has 1 aliphatic heterocycles. The molecule has 2 aliphatic rings. The van der Waals surface area contributed by atoms with Crippen LogP contribution in [0.3, 0.4) is 0 Å². The number of rotatable bonds is 7. The van der Waals surface area contributed by atoms with Crippen LogP contribution < -0.4 is 15.6 Å². The number of ketones is 1. The number of hydrogen-bond acceptors (Lipinski definition) is 8. The molecule has 3 aromatic carbocycles. The Morgan fingerprint density at radius 1 is 1.02 bits per heavy atom. The van der Waals surface area contributed by atoms with Gasteiger partial charge in [0.1, 0.15) is 11.4 Å². The Balaban J connectivity index is 1.29. The van der Waals surface area contributed by atoms with Gasteiger partial charge in [-0.05, 0) is 60.5 Å². The monoisotopic (exact) mass is 627 g/mol. The molecule has 1 fully saturated rings. The molecular formula is C38H37N5O4. The Labute approximate surface area is 273 Å². The van der Waals surface area contributed by atoms with Crippen LogP contribution in [-0.2, 0) is 11.2 Å². The van der Waals surface area contributed by atoms with Crippen LogP contribution in [0.1, 0.15) is 46.9 Å². The van der Waals surface area contributed by atoms with Crippen LogP contribution in [0, 0.1) is 5.41 Å². The number of nitrogens with one attached hydrogen (secondary N) is 1. The van der Waals surface area contributed by atoms with Gasteiger partial charge in [-0.2, -0.15) is 4.98 Å². The van der Waals surface area contributed by atoms with Crippen LogP contribution >= 0.6 is 0 Å². The second-order valence-electron chi connectivity index (χ2n) is 12.8. The number of morpholine rings is 1. The number of hydrogen-bond donors (Lipinski definition) is 1. The van der Waals surface area contributed by atoms with E-state index in [2.05, 4.69) is 21.8 Å². The Bertz CT molecular complexity index is 2040. The van der Waals surface area contributed by atoms with Crippen molar-refractivity contribution in [3.8, 4) is 5.75 Å². The van der Waals surface area contributed by atoms with Crippen molar-refractivity contribution in [2.75, 3.05) is 32.1 Å². The van der Waals surface area contributed by atoms with E-state index in [1.165, 1.54) is 0 Å². The number of nitrogens with zero attached hydrogens (tertiary/aromatic N) is 4. The van der Waals surface area contributed by atoms with E-state index in [0.717, 1.165) is 29.1 Å². The number of pyridine rings is 1. The van der Waals surface area contributed by atoms with E-state index in [-0.39, 0.29) is 17.6 Å². The minimum atomic E-state index is -0.885. The van der Waals surface area contributed by atoms with Crippen LogP contribution in [0.4, 0.5) is 11.6 Å². The largest absolute Gasteiger partial charge is 0.473 e. The summed E-state index contributed by atoms with van der Waals surface area (Å²) in [5.41, 5.74) is 3.56. The predicted octanol–water partition coefficient (Wildman–Crippen LogP) is 6.27. The highest BCUT2D eigenvalue weighted by Crippen LogP contribution is 2.43. The Morgan fingerprint density at radius 3 is 2.53 bits per heavy atom. The average molecular weight is 628 g/mol. The molecule has 9 nitrogen and oxygen atoms in total. The maximum atomic E-state index is 14.6. The molecule has 1 aliphatic carbocycles. The van der Waals surface area contributed by atoms with Gasteiger partial charge in [0.25, 0.3) is 5.56 Å². The van der Waals surface area contributed by atoms with Gasteiger partial charge in [-0.15, -0.1) is 0 Å². The summed E-state index contributed by atoms with van der Waals surface area (Å²) in [6, 6.07) is 26.1. The molecule has 1 saturated heterocycles. The molecule has 0 radical (unpaired) electrons. The fraction of sp³-hybridized carbons (Fsp3) is 0.263. The summed E-state index contributed by atoms with van der Waals surface area (Å²) in [4.78, 5) is 40.1. The third-order valence-corrected chi connectivity index (χ3v) is 9.35. The van der Waals surface area contributed by atoms with Crippen molar-refractivity contribution < 1.29 is 14.3 Å². The molecule has 0 bridgehead atoms. The van der Waals surface area contributed by atoms with Crippen LogP contribution in [-0.4, -0.2) is 58.3 Å². The lowest BCUT2D eigenvalue weighted by Crippen LogP contribution is -2.46. The highest BCUT2D eigenvalue weighted by molar-refractivity contribution is 6.03. The molecule has 7 rings (SSSR count). The first-order valence-electron chi connectivity index (χ1n) is 15.8. The molecule has 2 atom stereocenters. The van der Waals surface area contributed by atoms with E-state index in [0.29, 0.717) is 53.3 Å². The number of fused-ring (bicyclic) bond motifs is 2. The highest BCUT2D eigenvalue weighted by atomic mass is 16.6. The van der Waals surface area contributed by atoms with Gasteiger partial charge in [0, 0.05) is 40.4 Å². The van der Waals surface area contributed by atoms with Gasteiger partial charge < -0.3 is 14.8 Å². The number of ether oxygens (including phenoxy) is 2. The van der Waals surface area contributed by atoms with Gasteiger partial charge in [0.05, 0.1) is 19.3 Å². The van der Waals surface area contributed by atoms with Gasteiger partial charge in [-0.1, -0.05) is 75.0 Å². The molecule has 1 N–H and O–H groups in total. The first kappa shape index (κ1) is 30.5. The number of likely N-dealkylation sites (N-methyl/N-ethyl adjacent to an activating group) is 1. The molecule has 0 spiro atoms. The molecular weight excluding hydrogens is 590 g/mol. The summed E-state index contributed by atoms with van der Waals surface area (Å²) in [5, 5.41) is 3.95. The van der Waals surface area contributed by atoms with Crippen LogP contribution in [0.25, 0.3) is 16.6 Å². The molecule has 3 heterocycles.